The molecule has 7 rings (SSSR count). The molecule has 76 heavy (non-hydrogen) atoms. The van der Waals surface area contributed by atoms with Gasteiger partial charge in [0.25, 0.3) is 0 Å². The first-order valence-electron chi connectivity index (χ1n) is 24.9. The summed E-state index contributed by atoms with van der Waals surface area (Å²) >= 11 is 6.46. The van der Waals surface area contributed by atoms with E-state index in [1.54, 1.807) is 60.9 Å². The van der Waals surface area contributed by atoms with E-state index in [0.717, 1.165) is 58.6 Å². The summed E-state index contributed by atoms with van der Waals surface area (Å²) in [5.41, 5.74) is 5.25. The summed E-state index contributed by atoms with van der Waals surface area (Å²) in [6, 6.07) is 17.2. The molecule has 2 bridgehead atoms. The fourth-order valence-corrected chi connectivity index (χ4v) is 9.65. The SMILES string of the molecule is COC(=O)C[C@H](C(N)=O)C(C)(C)C.COC(=O)N[C@H](C(=O)N[C@@H](Cc1ccc(C#Cc2ccc(N3CC4CCC(C3)N4C3COC3)nc2)cc1)[C@@H](O)CNCc1c(F)cc(-c2ccccn2)cc1Cl)C(C)(C)C(F)(F)F. The molecule has 410 valence electrons. The standard InChI is InChI=1S/C46H50ClF4N7O5.C9H17NO3/c1-45(2,46(49,50)51)42(56-44(61)62-3)43(60)55-39(40(59)23-52-22-35-36(47)19-31(20-37(35)48)38-6-4-5-17-53-38)18-29-10-7-28(8-11-29)9-12-30-13-16-41(54-21-30)57-24-32-14-15-33(25-57)58(32)34-26-63-27-34;1-9(2,3)6(8(10)12)5-7(11)13-4/h4-8,10-11,13,16-17,19-21,32-34,39-40,42,52,59H,14-15,18,22-27H2,1-3H3,(H,55,60)(H,56,61);6H,5H2,1-4H3,(H2,10,12)/t32?,33?,39-,40-,42+;6-/m01/s1. The fraction of sp³-hybridized carbons (Fsp3) is 0.491. The van der Waals surface area contributed by atoms with Gasteiger partial charge in [0, 0.05) is 77.9 Å². The molecule has 6 N–H and O–H groups in total. The second-order valence-corrected chi connectivity index (χ2v) is 21.2. The number of carbonyl (C=O) groups is 4. The number of benzene rings is 2. The molecule has 3 fully saturated rings. The summed E-state index contributed by atoms with van der Waals surface area (Å²) in [7, 11) is 2.26. The molecule has 0 saturated carbocycles. The van der Waals surface area contributed by atoms with Crippen molar-refractivity contribution in [2.24, 2.45) is 22.5 Å². The maximum absolute atomic E-state index is 15.3. The number of carbonyl (C=O) groups excluding carboxylic acids is 4. The first-order chi connectivity index (χ1) is 35.9. The average molecular weight is 1080 g/mol. The van der Waals surface area contributed by atoms with Gasteiger partial charge in [0.05, 0.1) is 69.1 Å². The number of hydrogen-bond acceptors (Lipinski definition) is 13. The number of hydrogen-bond donors (Lipinski definition) is 5. The minimum atomic E-state index is -4.92. The number of methoxy groups -OCH3 is 2. The van der Waals surface area contributed by atoms with Crippen molar-refractivity contribution in [1.29, 1.82) is 0 Å². The number of rotatable bonds is 17. The summed E-state index contributed by atoms with van der Waals surface area (Å²) in [4.78, 5) is 61.7. The van der Waals surface area contributed by atoms with Crippen LogP contribution in [0.1, 0.15) is 76.1 Å². The monoisotopic (exact) mass is 1080 g/mol. The van der Waals surface area contributed by atoms with Gasteiger partial charge in [-0.15, -0.1) is 0 Å². The van der Waals surface area contributed by atoms with E-state index in [-0.39, 0.29) is 41.9 Å². The van der Waals surface area contributed by atoms with E-state index in [1.165, 1.54) is 26.0 Å². The number of ether oxygens (including phenoxy) is 3. The van der Waals surface area contributed by atoms with Gasteiger partial charge in [-0.3, -0.25) is 24.3 Å². The number of nitrogens with two attached hydrogens (primary N) is 1. The Labute approximate surface area is 445 Å². The van der Waals surface area contributed by atoms with Gasteiger partial charge in [-0.2, -0.15) is 13.2 Å². The minimum Gasteiger partial charge on any atom is -0.469 e. The molecule has 0 radical (unpaired) electrons. The molecular weight excluding hydrogens is 1010 g/mol. The Morgan fingerprint density at radius 3 is 2.08 bits per heavy atom. The molecule has 2 unspecified atom stereocenters. The van der Waals surface area contributed by atoms with E-state index >= 15 is 4.39 Å². The number of nitrogens with one attached hydrogen (secondary N) is 3. The summed E-state index contributed by atoms with van der Waals surface area (Å²) in [6.45, 7) is 10.3. The normalized spacial score (nSPS) is 18.3. The van der Waals surface area contributed by atoms with Gasteiger partial charge in [-0.05, 0) is 92.6 Å². The molecule has 21 heteroatoms. The number of esters is 1. The first-order valence-corrected chi connectivity index (χ1v) is 25.3. The minimum absolute atomic E-state index is 0.0383. The molecule has 4 aromatic rings. The quantitative estimate of drug-likeness (QED) is 0.0431. The molecule has 3 amide bonds. The Bertz CT molecular complexity index is 2660. The maximum atomic E-state index is 15.3. The third-order valence-corrected chi connectivity index (χ3v) is 14.4. The summed E-state index contributed by atoms with van der Waals surface area (Å²) in [6.07, 6.45) is -1.87. The number of alkyl carbamates (subject to hydrolysis) is 1. The molecule has 3 saturated heterocycles. The molecule has 16 nitrogen and oxygen atoms in total. The number of primary amides is 1. The van der Waals surface area contributed by atoms with Crippen LogP contribution in [0, 0.1) is 34.4 Å². The molecule has 5 heterocycles. The molecule has 2 aromatic carbocycles. The van der Waals surface area contributed by atoms with Crippen LogP contribution in [0.25, 0.3) is 11.3 Å². The second-order valence-electron chi connectivity index (χ2n) is 20.8. The van der Waals surface area contributed by atoms with E-state index in [4.69, 9.17) is 27.1 Å². The number of aromatic nitrogens is 2. The number of fused-ring (bicyclic) bond motifs is 2. The van der Waals surface area contributed by atoms with Crippen LogP contribution in [0.2, 0.25) is 5.02 Å². The Hall–Kier alpha value is -6.37. The van der Waals surface area contributed by atoms with E-state index in [1.807, 2.05) is 38.2 Å². The Morgan fingerprint density at radius 1 is 0.895 bits per heavy atom. The van der Waals surface area contributed by atoms with Gasteiger partial charge in [0.2, 0.25) is 11.8 Å². The lowest BCUT2D eigenvalue weighted by Crippen LogP contribution is -2.62. The lowest BCUT2D eigenvalue weighted by atomic mass is 9.78. The van der Waals surface area contributed by atoms with Gasteiger partial charge in [-0.25, -0.2) is 14.2 Å². The summed E-state index contributed by atoms with van der Waals surface area (Å²) in [5.74, 6) is 4.04. The van der Waals surface area contributed by atoms with Crippen LogP contribution >= 0.6 is 11.6 Å². The van der Waals surface area contributed by atoms with Crippen molar-refractivity contribution in [2.75, 3.05) is 52.0 Å². The van der Waals surface area contributed by atoms with Crippen LogP contribution in [0.5, 0.6) is 0 Å². The maximum Gasteiger partial charge on any atom is 0.407 e. The van der Waals surface area contributed by atoms with E-state index in [9.17, 15) is 37.5 Å². The second kappa shape index (κ2) is 25.6. The van der Waals surface area contributed by atoms with Crippen LogP contribution in [0.15, 0.2) is 79.1 Å². The van der Waals surface area contributed by atoms with E-state index in [2.05, 4.69) is 46.7 Å². The number of halogens is 5. The number of aliphatic hydroxyl groups excluding tert-OH is 1. The van der Waals surface area contributed by atoms with E-state index in [0.29, 0.717) is 40.5 Å². The van der Waals surface area contributed by atoms with Gasteiger partial charge in [-0.1, -0.05) is 62.4 Å². The highest BCUT2D eigenvalue weighted by atomic mass is 35.5. The van der Waals surface area contributed by atoms with Crippen molar-refractivity contribution < 1.29 is 56.1 Å². The lowest BCUT2D eigenvalue weighted by Gasteiger charge is -2.47. The predicted molar refractivity (Wildman–Crippen MR) is 278 cm³/mol. The number of amides is 3. The Balaban J connectivity index is 0.000000636. The van der Waals surface area contributed by atoms with Crippen molar-refractivity contribution in [2.45, 2.75) is 109 Å². The zero-order valence-corrected chi connectivity index (χ0v) is 44.4. The molecule has 2 aromatic heterocycles. The number of alkyl halides is 3. The van der Waals surface area contributed by atoms with Gasteiger partial charge >= 0.3 is 18.2 Å². The topological polar surface area (TPSA) is 211 Å². The zero-order valence-electron chi connectivity index (χ0n) is 43.7. The third kappa shape index (κ3) is 15.2. The number of anilines is 1. The van der Waals surface area contributed by atoms with Crippen molar-refractivity contribution in [3.8, 4) is 23.1 Å². The first kappa shape index (κ1) is 58.9. The van der Waals surface area contributed by atoms with Gasteiger partial charge in [0.1, 0.15) is 17.7 Å². The van der Waals surface area contributed by atoms with Crippen molar-refractivity contribution in [3.63, 3.8) is 0 Å². The van der Waals surface area contributed by atoms with Crippen LogP contribution in [-0.2, 0) is 41.6 Å². The highest BCUT2D eigenvalue weighted by molar-refractivity contribution is 6.31. The molecule has 3 aliphatic heterocycles. The molecule has 6 atom stereocenters. The van der Waals surface area contributed by atoms with Crippen LogP contribution in [0.3, 0.4) is 0 Å². The Morgan fingerprint density at radius 2 is 1.55 bits per heavy atom. The average Bonchev–Trinajstić information content (AvgIpc) is 3.59. The molecule has 3 aliphatic rings. The summed E-state index contributed by atoms with van der Waals surface area (Å²) < 4.78 is 72.4. The summed E-state index contributed by atoms with van der Waals surface area (Å²) in [5, 5.41) is 19.0. The lowest BCUT2D eigenvalue weighted by molar-refractivity contribution is -0.220. The van der Waals surface area contributed by atoms with Crippen molar-refractivity contribution in [3.05, 3.63) is 112 Å². The smallest absolute Gasteiger partial charge is 0.407 e. The number of piperazine rings is 1. The van der Waals surface area contributed by atoms with Crippen molar-refractivity contribution in [1.82, 2.24) is 30.8 Å². The van der Waals surface area contributed by atoms with Gasteiger partial charge in [0.15, 0.2) is 0 Å². The number of aliphatic hydroxyl groups is 1. The molecular formula is C55H67ClF4N8O8. The number of pyridine rings is 2. The highest BCUT2D eigenvalue weighted by Gasteiger charge is 2.56. The van der Waals surface area contributed by atoms with Crippen molar-refractivity contribution >= 4 is 41.3 Å². The van der Waals surface area contributed by atoms with Gasteiger partial charge < -0.3 is 45.9 Å². The molecule has 0 spiro atoms. The molecule has 0 aliphatic carbocycles. The van der Waals surface area contributed by atoms with Crippen LogP contribution in [-0.4, -0.2) is 133 Å². The zero-order chi connectivity index (χ0) is 55.5. The fourth-order valence-electron chi connectivity index (χ4n) is 9.37. The van der Waals surface area contributed by atoms with Crippen LogP contribution < -0.4 is 26.6 Å². The predicted octanol–water partition coefficient (Wildman–Crippen LogP) is 6.58. The highest BCUT2D eigenvalue weighted by Crippen LogP contribution is 2.41. The van der Waals surface area contributed by atoms with Crippen LogP contribution in [0.4, 0.5) is 28.2 Å². The van der Waals surface area contributed by atoms with E-state index < -0.39 is 65.4 Å². The third-order valence-electron chi connectivity index (χ3n) is 14.1. The Kier molecular flexibility index (Phi) is 19.9. The number of nitrogens with zero attached hydrogens (tertiary/aromatic N) is 4. The largest absolute Gasteiger partial charge is 0.469 e.